The van der Waals surface area contributed by atoms with Gasteiger partial charge in [-0.25, -0.2) is 9.97 Å². The average Bonchev–Trinajstić information content (AvgIpc) is 2.32. The van der Waals surface area contributed by atoms with Crippen molar-refractivity contribution in [2.45, 2.75) is 38.8 Å². The van der Waals surface area contributed by atoms with Crippen LogP contribution in [0, 0.1) is 6.92 Å². The molecule has 0 aliphatic rings. The van der Waals surface area contributed by atoms with Crippen LogP contribution < -0.4 is 10.1 Å². The Morgan fingerprint density at radius 3 is 2.19 bits per heavy atom. The van der Waals surface area contributed by atoms with Gasteiger partial charge in [0.2, 0.25) is 0 Å². The molecular weight excluding hydrogens is 304 g/mol. The minimum absolute atomic E-state index is 0.240. The van der Waals surface area contributed by atoms with Gasteiger partial charge in [0.15, 0.2) is 0 Å². The SMILES string of the molecule is CCNCc1cnc(OC(C(F)(F)F)C(F)(F)F)nc1C. The molecule has 0 radical (unpaired) electrons. The van der Waals surface area contributed by atoms with E-state index < -0.39 is 24.5 Å². The fourth-order valence-corrected chi connectivity index (χ4v) is 1.39. The summed E-state index contributed by atoms with van der Waals surface area (Å²) in [5.41, 5.74) is 0.795. The van der Waals surface area contributed by atoms with Gasteiger partial charge >= 0.3 is 18.4 Å². The maximum absolute atomic E-state index is 12.3. The summed E-state index contributed by atoms with van der Waals surface area (Å²) in [6.07, 6.45) is -14.0. The molecule has 0 spiro atoms. The lowest BCUT2D eigenvalue weighted by Gasteiger charge is -2.22. The Kier molecular flexibility index (Phi) is 5.37. The number of rotatable bonds is 5. The van der Waals surface area contributed by atoms with Gasteiger partial charge in [0, 0.05) is 24.0 Å². The van der Waals surface area contributed by atoms with E-state index in [4.69, 9.17) is 0 Å². The number of alkyl halides is 6. The molecule has 1 aromatic heterocycles. The van der Waals surface area contributed by atoms with E-state index in [0.717, 1.165) is 6.20 Å². The molecule has 10 heteroatoms. The molecule has 0 aliphatic heterocycles. The molecule has 4 nitrogen and oxygen atoms in total. The molecule has 1 heterocycles. The van der Waals surface area contributed by atoms with Crippen LogP contribution in [0.3, 0.4) is 0 Å². The molecule has 0 amide bonds. The predicted octanol–water partition coefficient (Wildman–Crippen LogP) is 2.77. The highest BCUT2D eigenvalue weighted by atomic mass is 19.4. The summed E-state index contributed by atoms with van der Waals surface area (Å²) in [7, 11) is 0. The first-order chi connectivity index (χ1) is 9.55. The third-order valence-electron chi connectivity index (χ3n) is 2.44. The predicted molar refractivity (Wildman–Crippen MR) is 60.7 cm³/mol. The number of nitrogens with zero attached hydrogens (tertiary/aromatic N) is 2. The number of aryl methyl sites for hydroxylation is 1. The highest BCUT2D eigenvalue weighted by Crippen LogP contribution is 2.35. The van der Waals surface area contributed by atoms with Crippen molar-refractivity contribution >= 4 is 0 Å². The van der Waals surface area contributed by atoms with Gasteiger partial charge in [0.25, 0.3) is 6.10 Å². The topological polar surface area (TPSA) is 47.0 Å². The van der Waals surface area contributed by atoms with Crippen molar-refractivity contribution in [2.24, 2.45) is 0 Å². The molecule has 0 bridgehead atoms. The van der Waals surface area contributed by atoms with Crippen LogP contribution in [-0.4, -0.2) is 35.0 Å². The van der Waals surface area contributed by atoms with E-state index in [1.807, 2.05) is 6.92 Å². The summed E-state index contributed by atoms with van der Waals surface area (Å²) in [4.78, 5) is 6.91. The lowest BCUT2D eigenvalue weighted by Crippen LogP contribution is -2.46. The molecule has 0 saturated carbocycles. The Bertz CT molecular complexity index is 460. The van der Waals surface area contributed by atoms with Crippen molar-refractivity contribution in [3.63, 3.8) is 0 Å². The molecule has 0 aliphatic carbocycles. The summed E-state index contributed by atoms with van der Waals surface area (Å²) in [6.45, 7) is 4.27. The minimum Gasteiger partial charge on any atom is -0.441 e. The van der Waals surface area contributed by atoms with Gasteiger partial charge in [-0.1, -0.05) is 6.92 Å². The van der Waals surface area contributed by atoms with Crippen molar-refractivity contribution in [1.29, 1.82) is 0 Å². The fourth-order valence-electron chi connectivity index (χ4n) is 1.39. The summed E-state index contributed by atoms with van der Waals surface area (Å²) in [5.74, 6) is 0. The Morgan fingerprint density at radius 1 is 1.19 bits per heavy atom. The van der Waals surface area contributed by atoms with Gasteiger partial charge in [-0.2, -0.15) is 26.3 Å². The van der Waals surface area contributed by atoms with E-state index in [9.17, 15) is 26.3 Å². The van der Waals surface area contributed by atoms with E-state index >= 15 is 0 Å². The van der Waals surface area contributed by atoms with E-state index in [-0.39, 0.29) is 5.69 Å². The minimum atomic E-state index is -5.60. The highest BCUT2D eigenvalue weighted by molar-refractivity contribution is 5.17. The van der Waals surface area contributed by atoms with Crippen LogP contribution in [0.1, 0.15) is 18.2 Å². The standard InChI is InChI=1S/C11H13F6N3O/c1-3-18-4-7-5-19-9(20-6(7)2)21-8(10(12,13)14)11(15,16)17/h5,8,18H,3-4H2,1-2H3. The monoisotopic (exact) mass is 317 g/mol. The van der Waals surface area contributed by atoms with Crippen LogP contribution in [0.15, 0.2) is 6.20 Å². The maximum atomic E-state index is 12.3. The number of hydrogen-bond acceptors (Lipinski definition) is 4. The average molecular weight is 317 g/mol. The lowest BCUT2D eigenvalue weighted by atomic mass is 10.2. The molecule has 1 aromatic rings. The van der Waals surface area contributed by atoms with Gasteiger partial charge in [0.05, 0.1) is 0 Å². The summed E-state index contributed by atoms with van der Waals surface area (Å²) in [6, 6.07) is -0.965. The first-order valence-electron chi connectivity index (χ1n) is 5.89. The first-order valence-corrected chi connectivity index (χ1v) is 5.89. The van der Waals surface area contributed by atoms with E-state index in [1.165, 1.54) is 6.92 Å². The molecule has 1 N–H and O–H groups in total. The molecular formula is C11H13F6N3O. The summed E-state index contributed by atoms with van der Waals surface area (Å²) < 4.78 is 77.9. The van der Waals surface area contributed by atoms with Crippen LogP contribution in [0.25, 0.3) is 0 Å². The smallest absolute Gasteiger partial charge is 0.434 e. The first kappa shape index (κ1) is 17.5. The summed E-state index contributed by atoms with van der Waals surface area (Å²) in [5, 5.41) is 2.93. The Balaban J connectivity index is 2.93. The zero-order chi connectivity index (χ0) is 16.3. The third kappa shape index (κ3) is 5.03. The Morgan fingerprint density at radius 2 is 1.76 bits per heavy atom. The number of aromatic nitrogens is 2. The Hall–Kier alpha value is -1.58. The van der Waals surface area contributed by atoms with Gasteiger partial charge < -0.3 is 10.1 Å². The summed E-state index contributed by atoms with van der Waals surface area (Å²) >= 11 is 0. The normalized spacial score (nSPS) is 12.8. The maximum Gasteiger partial charge on any atom is 0.434 e. The largest absolute Gasteiger partial charge is 0.441 e. The molecule has 0 fully saturated rings. The number of hydrogen-bond donors (Lipinski definition) is 1. The second-order valence-corrected chi connectivity index (χ2v) is 4.12. The number of halogens is 6. The zero-order valence-corrected chi connectivity index (χ0v) is 11.1. The second kappa shape index (κ2) is 6.46. The molecule has 21 heavy (non-hydrogen) atoms. The quantitative estimate of drug-likeness (QED) is 0.848. The van der Waals surface area contributed by atoms with Crippen molar-refractivity contribution in [3.05, 3.63) is 17.5 Å². The van der Waals surface area contributed by atoms with Crippen molar-refractivity contribution in [1.82, 2.24) is 15.3 Å². The molecule has 0 aromatic carbocycles. The van der Waals surface area contributed by atoms with Crippen LogP contribution in [0.5, 0.6) is 6.01 Å². The van der Waals surface area contributed by atoms with Crippen molar-refractivity contribution < 1.29 is 31.1 Å². The molecule has 0 unspecified atom stereocenters. The van der Waals surface area contributed by atoms with Crippen LogP contribution >= 0.6 is 0 Å². The fraction of sp³-hybridized carbons (Fsp3) is 0.636. The van der Waals surface area contributed by atoms with Crippen LogP contribution in [-0.2, 0) is 6.54 Å². The van der Waals surface area contributed by atoms with E-state index in [1.54, 1.807) is 0 Å². The van der Waals surface area contributed by atoms with Crippen LogP contribution in [0.2, 0.25) is 0 Å². The Labute approximate surface area is 116 Å². The third-order valence-corrected chi connectivity index (χ3v) is 2.44. The van der Waals surface area contributed by atoms with Gasteiger partial charge in [-0.05, 0) is 13.5 Å². The second-order valence-electron chi connectivity index (χ2n) is 4.12. The van der Waals surface area contributed by atoms with Gasteiger partial charge in [0.1, 0.15) is 0 Å². The zero-order valence-electron chi connectivity index (χ0n) is 11.1. The van der Waals surface area contributed by atoms with Crippen molar-refractivity contribution in [3.8, 4) is 6.01 Å². The number of nitrogens with one attached hydrogen (secondary N) is 1. The van der Waals surface area contributed by atoms with Crippen molar-refractivity contribution in [2.75, 3.05) is 6.54 Å². The molecule has 120 valence electrons. The van der Waals surface area contributed by atoms with Crippen LogP contribution in [0.4, 0.5) is 26.3 Å². The molecule has 1 rings (SSSR count). The van der Waals surface area contributed by atoms with Gasteiger partial charge in [-0.3, -0.25) is 0 Å². The van der Waals surface area contributed by atoms with Gasteiger partial charge in [-0.15, -0.1) is 0 Å². The lowest BCUT2D eigenvalue weighted by molar-refractivity contribution is -0.301. The molecule has 0 saturated heterocycles. The number of ether oxygens (including phenoxy) is 1. The van der Waals surface area contributed by atoms with E-state index in [2.05, 4.69) is 20.0 Å². The van der Waals surface area contributed by atoms with E-state index in [0.29, 0.717) is 18.7 Å². The molecule has 0 atom stereocenters. The highest BCUT2D eigenvalue weighted by Gasteiger charge is 2.59.